The highest BCUT2D eigenvalue weighted by molar-refractivity contribution is 5.78. The van der Waals surface area contributed by atoms with Gasteiger partial charge in [-0.25, -0.2) is 0 Å². The van der Waals surface area contributed by atoms with Crippen molar-refractivity contribution in [1.82, 2.24) is 10.2 Å². The fraction of sp³-hybridized carbons (Fsp3) is 0.588. The topological polar surface area (TPSA) is 41.6 Å². The molecule has 21 heavy (non-hydrogen) atoms. The number of hydrogen-bond acceptors (Lipinski definition) is 3. The second kappa shape index (κ2) is 8.03. The molecule has 1 aliphatic rings. The van der Waals surface area contributed by atoms with Crippen LogP contribution in [0.25, 0.3) is 0 Å². The molecule has 0 aromatic heterocycles. The van der Waals surface area contributed by atoms with Crippen LogP contribution >= 0.6 is 0 Å². The van der Waals surface area contributed by atoms with Crippen LogP contribution in [-0.4, -0.2) is 37.6 Å². The fourth-order valence-electron chi connectivity index (χ4n) is 2.70. The van der Waals surface area contributed by atoms with Crippen molar-refractivity contribution in [1.29, 1.82) is 0 Å². The van der Waals surface area contributed by atoms with Crippen LogP contribution in [0.15, 0.2) is 24.3 Å². The van der Waals surface area contributed by atoms with Crippen molar-refractivity contribution in [3.8, 4) is 5.75 Å². The van der Waals surface area contributed by atoms with Gasteiger partial charge in [-0.15, -0.1) is 0 Å². The number of carbonyl (C=O) groups is 1. The Labute approximate surface area is 127 Å². The number of nitrogens with zero attached hydrogens (tertiary/aromatic N) is 1. The maximum absolute atomic E-state index is 12.2. The van der Waals surface area contributed by atoms with E-state index >= 15 is 0 Å². The van der Waals surface area contributed by atoms with Gasteiger partial charge >= 0.3 is 0 Å². The predicted octanol–water partition coefficient (Wildman–Crippen LogP) is 2.75. The summed E-state index contributed by atoms with van der Waals surface area (Å²) in [6.07, 6.45) is 4.77. The molecule has 1 aliphatic heterocycles. The highest BCUT2D eigenvalue weighted by Gasteiger charge is 2.16. The third kappa shape index (κ3) is 4.74. The van der Waals surface area contributed by atoms with Crippen LogP contribution in [0, 0.1) is 0 Å². The number of methoxy groups -OCH3 is 1. The largest absolute Gasteiger partial charge is 0.497 e. The first-order valence-corrected chi connectivity index (χ1v) is 7.86. The predicted molar refractivity (Wildman–Crippen MR) is 84.5 cm³/mol. The van der Waals surface area contributed by atoms with Crippen molar-refractivity contribution < 1.29 is 9.53 Å². The Kier molecular flexibility index (Phi) is 6.05. The van der Waals surface area contributed by atoms with Crippen LogP contribution in [0.2, 0.25) is 0 Å². The molecule has 116 valence electrons. The molecule has 1 fully saturated rings. The lowest BCUT2D eigenvalue weighted by molar-refractivity contribution is -0.130. The Balaban J connectivity index is 1.84. The van der Waals surface area contributed by atoms with E-state index in [9.17, 15) is 4.79 Å². The minimum Gasteiger partial charge on any atom is -0.497 e. The molecule has 0 bridgehead atoms. The van der Waals surface area contributed by atoms with Crippen molar-refractivity contribution in [2.75, 3.05) is 26.7 Å². The number of carbonyl (C=O) groups excluding carboxylic acids is 1. The molecule has 0 spiro atoms. The molecule has 1 saturated heterocycles. The van der Waals surface area contributed by atoms with E-state index in [2.05, 4.69) is 18.3 Å². The second-order valence-corrected chi connectivity index (χ2v) is 5.67. The lowest BCUT2D eigenvalue weighted by Crippen LogP contribution is -2.39. The second-order valence-electron chi connectivity index (χ2n) is 5.67. The SMILES string of the molecule is COc1cccc([C@@H](C)NCC(=O)N2CCCCCC2)c1. The van der Waals surface area contributed by atoms with E-state index in [-0.39, 0.29) is 11.9 Å². The zero-order valence-corrected chi connectivity index (χ0v) is 13.1. The van der Waals surface area contributed by atoms with Crippen molar-refractivity contribution >= 4 is 5.91 Å². The van der Waals surface area contributed by atoms with Crippen LogP contribution in [-0.2, 0) is 4.79 Å². The minimum atomic E-state index is 0.135. The molecule has 0 unspecified atom stereocenters. The van der Waals surface area contributed by atoms with E-state index in [0.717, 1.165) is 37.2 Å². The summed E-state index contributed by atoms with van der Waals surface area (Å²) in [7, 11) is 1.67. The van der Waals surface area contributed by atoms with E-state index in [1.165, 1.54) is 12.8 Å². The molecule has 1 aromatic carbocycles. The van der Waals surface area contributed by atoms with Gasteiger partial charge in [0.15, 0.2) is 0 Å². The molecule has 0 radical (unpaired) electrons. The van der Waals surface area contributed by atoms with Gasteiger partial charge in [0.25, 0.3) is 0 Å². The maximum atomic E-state index is 12.2. The van der Waals surface area contributed by atoms with E-state index < -0.39 is 0 Å². The van der Waals surface area contributed by atoms with E-state index in [4.69, 9.17) is 4.74 Å². The zero-order chi connectivity index (χ0) is 15.1. The van der Waals surface area contributed by atoms with Crippen molar-refractivity contribution in [3.63, 3.8) is 0 Å². The van der Waals surface area contributed by atoms with Gasteiger partial charge in [0.05, 0.1) is 13.7 Å². The van der Waals surface area contributed by atoms with Gasteiger partial charge in [0, 0.05) is 19.1 Å². The van der Waals surface area contributed by atoms with Gasteiger partial charge in [0.2, 0.25) is 5.91 Å². The lowest BCUT2D eigenvalue weighted by atomic mass is 10.1. The number of nitrogens with one attached hydrogen (secondary N) is 1. The number of ether oxygens (including phenoxy) is 1. The molecule has 4 heteroatoms. The van der Waals surface area contributed by atoms with Crippen LogP contribution in [0.3, 0.4) is 0 Å². The van der Waals surface area contributed by atoms with Gasteiger partial charge in [-0.1, -0.05) is 25.0 Å². The molecule has 0 saturated carbocycles. The molecule has 1 amide bonds. The van der Waals surface area contributed by atoms with Crippen LogP contribution in [0.4, 0.5) is 0 Å². The van der Waals surface area contributed by atoms with Crippen molar-refractivity contribution in [2.45, 2.75) is 38.6 Å². The summed E-state index contributed by atoms with van der Waals surface area (Å²) in [5.74, 6) is 1.06. The Morgan fingerprint density at radius 1 is 1.29 bits per heavy atom. The number of benzene rings is 1. The maximum Gasteiger partial charge on any atom is 0.236 e. The van der Waals surface area contributed by atoms with E-state index in [0.29, 0.717) is 6.54 Å². The normalized spacial score (nSPS) is 17.1. The molecule has 4 nitrogen and oxygen atoms in total. The van der Waals surface area contributed by atoms with Crippen LogP contribution in [0.5, 0.6) is 5.75 Å². The van der Waals surface area contributed by atoms with E-state index in [1.54, 1.807) is 7.11 Å². The summed E-state index contributed by atoms with van der Waals surface area (Å²) in [6.45, 7) is 4.30. The molecule has 1 atom stereocenters. The summed E-state index contributed by atoms with van der Waals surface area (Å²) < 4.78 is 5.24. The molecule has 1 aromatic rings. The average Bonchev–Trinajstić information content (AvgIpc) is 2.81. The lowest BCUT2D eigenvalue weighted by Gasteiger charge is -2.22. The molecule has 1 N–H and O–H groups in total. The first-order valence-electron chi connectivity index (χ1n) is 7.86. The highest BCUT2D eigenvalue weighted by Crippen LogP contribution is 2.18. The molecular weight excluding hydrogens is 264 g/mol. The Morgan fingerprint density at radius 2 is 2.00 bits per heavy atom. The Morgan fingerprint density at radius 3 is 2.67 bits per heavy atom. The quantitative estimate of drug-likeness (QED) is 0.906. The Hall–Kier alpha value is -1.55. The van der Waals surface area contributed by atoms with Gasteiger partial charge in [0.1, 0.15) is 5.75 Å². The fourth-order valence-corrected chi connectivity index (χ4v) is 2.70. The molecular formula is C17H26N2O2. The first kappa shape index (κ1) is 15.8. The zero-order valence-electron chi connectivity index (χ0n) is 13.1. The van der Waals surface area contributed by atoms with Crippen molar-refractivity contribution in [2.24, 2.45) is 0 Å². The number of amides is 1. The standard InChI is InChI=1S/C17H26N2O2/c1-14(15-8-7-9-16(12-15)21-2)18-13-17(20)19-10-5-3-4-6-11-19/h7-9,12,14,18H,3-6,10-11,13H2,1-2H3/t14-/m1/s1. The van der Waals surface area contributed by atoms with Gasteiger partial charge in [-0.3, -0.25) is 4.79 Å². The molecule has 1 heterocycles. The van der Waals surface area contributed by atoms with Crippen LogP contribution < -0.4 is 10.1 Å². The van der Waals surface area contributed by atoms with Crippen molar-refractivity contribution in [3.05, 3.63) is 29.8 Å². The van der Waals surface area contributed by atoms with Gasteiger partial charge in [-0.2, -0.15) is 0 Å². The van der Waals surface area contributed by atoms with E-state index in [1.807, 2.05) is 23.1 Å². The molecule has 0 aliphatic carbocycles. The van der Waals surface area contributed by atoms with Gasteiger partial charge in [-0.05, 0) is 37.5 Å². The van der Waals surface area contributed by atoms with Crippen LogP contribution in [0.1, 0.15) is 44.2 Å². The third-order valence-electron chi connectivity index (χ3n) is 4.11. The number of rotatable bonds is 5. The van der Waals surface area contributed by atoms with Gasteiger partial charge < -0.3 is 15.0 Å². The first-order chi connectivity index (χ1) is 10.2. The summed E-state index contributed by atoms with van der Waals surface area (Å²) in [5.41, 5.74) is 1.14. The third-order valence-corrected chi connectivity index (χ3v) is 4.11. The monoisotopic (exact) mass is 290 g/mol. The summed E-state index contributed by atoms with van der Waals surface area (Å²) >= 11 is 0. The summed E-state index contributed by atoms with van der Waals surface area (Å²) in [4.78, 5) is 14.2. The molecule has 2 rings (SSSR count). The summed E-state index contributed by atoms with van der Waals surface area (Å²) in [6, 6.07) is 8.10. The number of likely N-dealkylation sites (tertiary alicyclic amines) is 1. The minimum absolute atomic E-state index is 0.135. The number of hydrogen-bond donors (Lipinski definition) is 1. The summed E-state index contributed by atoms with van der Waals surface area (Å²) in [5, 5.41) is 3.32. The smallest absolute Gasteiger partial charge is 0.236 e. The Bertz CT molecular complexity index is 454. The highest BCUT2D eigenvalue weighted by atomic mass is 16.5. The average molecular weight is 290 g/mol.